The smallest absolute Gasteiger partial charge is 0.314 e. The number of carbonyl (C=O) groups excluding carboxylic acids is 1. The number of carbonyl (C=O) groups is 1. The van der Waals surface area contributed by atoms with Gasteiger partial charge in [0.1, 0.15) is 6.10 Å². The Labute approximate surface area is 203 Å². The van der Waals surface area contributed by atoms with E-state index in [1.54, 1.807) is 7.05 Å². The van der Waals surface area contributed by atoms with Crippen LogP contribution in [0.25, 0.3) is 0 Å². The Morgan fingerprint density at radius 1 is 0.941 bits per heavy atom. The van der Waals surface area contributed by atoms with Crippen molar-refractivity contribution in [2.45, 2.75) is 38.0 Å². The summed E-state index contributed by atoms with van der Waals surface area (Å²) in [5.74, 6) is 0. The summed E-state index contributed by atoms with van der Waals surface area (Å²) in [5.41, 5.74) is 4.83. The normalized spacial score (nSPS) is 16.4. The lowest BCUT2D eigenvalue weighted by Gasteiger charge is -2.35. The molecule has 1 aliphatic heterocycles. The number of piperidine rings is 1. The van der Waals surface area contributed by atoms with Crippen molar-refractivity contribution >= 4 is 6.03 Å². The second kappa shape index (κ2) is 12.4. The van der Waals surface area contributed by atoms with Gasteiger partial charge in [-0.15, -0.1) is 0 Å². The zero-order valence-electron chi connectivity index (χ0n) is 20.0. The Bertz CT molecular complexity index is 969. The zero-order chi connectivity index (χ0) is 23.6. The van der Waals surface area contributed by atoms with Gasteiger partial charge >= 0.3 is 6.03 Å². The molecule has 2 amide bonds. The van der Waals surface area contributed by atoms with Crippen LogP contribution in [0.4, 0.5) is 4.79 Å². The highest BCUT2D eigenvalue weighted by atomic mass is 16.5. The average Bonchev–Trinajstić information content (AvgIpc) is 2.91. The molecule has 1 atom stereocenters. The molecule has 0 unspecified atom stereocenters. The second-order valence-electron chi connectivity index (χ2n) is 8.90. The van der Waals surface area contributed by atoms with Gasteiger partial charge in [-0.05, 0) is 48.1 Å². The Morgan fingerprint density at radius 3 is 2.18 bits per heavy atom. The van der Waals surface area contributed by atoms with Gasteiger partial charge in [0, 0.05) is 26.7 Å². The van der Waals surface area contributed by atoms with Crippen molar-refractivity contribution in [3.63, 3.8) is 0 Å². The molecule has 3 aromatic rings. The molecule has 0 saturated carbocycles. The number of likely N-dealkylation sites (tertiary alicyclic amines) is 1. The van der Waals surface area contributed by atoms with Crippen molar-refractivity contribution in [3.8, 4) is 0 Å². The fourth-order valence-corrected chi connectivity index (χ4v) is 4.51. The molecule has 1 saturated heterocycles. The molecule has 178 valence electrons. The summed E-state index contributed by atoms with van der Waals surface area (Å²) < 4.78 is 6.74. The highest BCUT2D eigenvalue weighted by molar-refractivity contribution is 5.73. The molecule has 5 heteroatoms. The molecular weight excluding hydrogens is 422 g/mol. The van der Waals surface area contributed by atoms with Crippen molar-refractivity contribution in [1.82, 2.24) is 15.5 Å². The van der Waals surface area contributed by atoms with Crippen molar-refractivity contribution in [3.05, 3.63) is 107 Å². The highest BCUT2D eigenvalue weighted by Crippen LogP contribution is 2.29. The van der Waals surface area contributed by atoms with Crippen LogP contribution in [0.1, 0.15) is 41.2 Å². The van der Waals surface area contributed by atoms with Crippen LogP contribution in [-0.4, -0.2) is 43.7 Å². The van der Waals surface area contributed by atoms with E-state index in [0.717, 1.165) is 44.5 Å². The molecule has 4 rings (SSSR count). The lowest BCUT2D eigenvalue weighted by Crippen LogP contribution is -2.41. The molecule has 0 spiro atoms. The maximum Gasteiger partial charge on any atom is 0.314 e. The number of nitrogens with zero attached hydrogens (tertiary/aromatic N) is 1. The predicted molar refractivity (Wildman–Crippen MR) is 137 cm³/mol. The third-order valence-electron chi connectivity index (χ3n) is 6.42. The van der Waals surface area contributed by atoms with E-state index in [2.05, 4.69) is 100 Å². The van der Waals surface area contributed by atoms with E-state index in [-0.39, 0.29) is 18.2 Å². The number of benzene rings is 3. The Balaban J connectivity index is 1.31. The summed E-state index contributed by atoms with van der Waals surface area (Å²) >= 11 is 0. The summed E-state index contributed by atoms with van der Waals surface area (Å²) in [6.45, 7) is 3.64. The molecule has 1 fully saturated rings. The van der Waals surface area contributed by atoms with Crippen LogP contribution in [-0.2, 0) is 17.7 Å². The van der Waals surface area contributed by atoms with Crippen LogP contribution in [0.5, 0.6) is 0 Å². The maximum atomic E-state index is 11.3. The molecule has 3 aromatic carbocycles. The van der Waals surface area contributed by atoms with Crippen LogP contribution in [0.15, 0.2) is 84.9 Å². The quantitative estimate of drug-likeness (QED) is 0.479. The Hall–Kier alpha value is -3.15. The number of amides is 2. The van der Waals surface area contributed by atoms with E-state index in [1.807, 2.05) is 0 Å². The van der Waals surface area contributed by atoms with Crippen LogP contribution in [0.3, 0.4) is 0 Å². The molecule has 1 aliphatic rings. The van der Waals surface area contributed by atoms with Gasteiger partial charge in [0.15, 0.2) is 0 Å². The van der Waals surface area contributed by atoms with E-state index in [9.17, 15) is 4.79 Å². The summed E-state index contributed by atoms with van der Waals surface area (Å²) in [7, 11) is 1.62. The minimum atomic E-state index is -0.160. The van der Waals surface area contributed by atoms with E-state index >= 15 is 0 Å². The topological polar surface area (TPSA) is 53.6 Å². The molecule has 0 aromatic heterocycles. The third-order valence-corrected chi connectivity index (χ3v) is 6.42. The molecule has 0 bridgehead atoms. The summed E-state index contributed by atoms with van der Waals surface area (Å²) in [5, 5.41) is 5.39. The van der Waals surface area contributed by atoms with E-state index in [1.165, 1.54) is 16.7 Å². The zero-order valence-corrected chi connectivity index (χ0v) is 20.0. The van der Waals surface area contributed by atoms with Gasteiger partial charge in [-0.3, -0.25) is 0 Å². The highest BCUT2D eigenvalue weighted by Gasteiger charge is 2.25. The standard InChI is InChI=1S/C29H35N3O2/c1-30-29(33)31-21-24-16-14-23(15-17-24)18-20-32-19-8-13-27(22-32)34-28(25-9-4-2-5-10-25)26-11-6-3-7-12-26/h2-7,9-12,14-17,27-28H,8,13,18-22H2,1H3,(H2,30,31,33)/t27-/m1/s1. The lowest BCUT2D eigenvalue weighted by molar-refractivity contribution is -0.0330. The lowest BCUT2D eigenvalue weighted by atomic mass is 10.00. The molecule has 34 heavy (non-hydrogen) atoms. The van der Waals surface area contributed by atoms with Crippen LogP contribution >= 0.6 is 0 Å². The van der Waals surface area contributed by atoms with Gasteiger partial charge in [-0.2, -0.15) is 0 Å². The third kappa shape index (κ3) is 6.92. The van der Waals surface area contributed by atoms with Crippen LogP contribution in [0, 0.1) is 0 Å². The Kier molecular flexibility index (Phi) is 8.71. The minimum absolute atomic E-state index is 0.0386. The number of nitrogens with one attached hydrogen (secondary N) is 2. The summed E-state index contributed by atoms with van der Waals surface area (Å²) in [6, 6.07) is 29.4. The van der Waals surface area contributed by atoms with Gasteiger partial charge in [0.25, 0.3) is 0 Å². The van der Waals surface area contributed by atoms with E-state index in [0.29, 0.717) is 6.54 Å². The fourth-order valence-electron chi connectivity index (χ4n) is 4.51. The van der Waals surface area contributed by atoms with Crippen LogP contribution in [0.2, 0.25) is 0 Å². The molecule has 5 nitrogen and oxygen atoms in total. The van der Waals surface area contributed by atoms with Gasteiger partial charge < -0.3 is 20.3 Å². The number of ether oxygens (including phenoxy) is 1. The van der Waals surface area contributed by atoms with E-state index < -0.39 is 0 Å². The first-order chi connectivity index (χ1) is 16.7. The second-order valence-corrected chi connectivity index (χ2v) is 8.90. The SMILES string of the molecule is CNC(=O)NCc1ccc(CCN2CCC[C@@H](OC(c3ccccc3)c3ccccc3)C2)cc1. The molecule has 0 radical (unpaired) electrons. The maximum absolute atomic E-state index is 11.3. The monoisotopic (exact) mass is 457 g/mol. The van der Waals surface area contributed by atoms with Gasteiger partial charge in [-0.25, -0.2) is 4.79 Å². The number of hydrogen-bond acceptors (Lipinski definition) is 3. The van der Waals surface area contributed by atoms with Crippen LogP contribution < -0.4 is 10.6 Å². The largest absolute Gasteiger partial charge is 0.364 e. The first kappa shape index (κ1) is 24.0. The number of hydrogen-bond donors (Lipinski definition) is 2. The Morgan fingerprint density at radius 2 is 1.56 bits per heavy atom. The van der Waals surface area contributed by atoms with Gasteiger partial charge in [0.2, 0.25) is 0 Å². The first-order valence-electron chi connectivity index (χ1n) is 12.2. The first-order valence-corrected chi connectivity index (χ1v) is 12.2. The summed E-state index contributed by atoms with van der Waals surface area (Å²) in [6.07, 6.45) is 3.45. The van der Waals surface area contributed by atoms with Crippen molar-refractivity contribution in [2.75, 3.05) is 26.7 Å². The van der Waals surface area contributed by atoms with E-state index in [4.69, 9.17) is 4.74 Å². The molecule has 0 aliphatic carbocycles. The molecule has 2 N–H and O–H groups in total. The number of rotatable bonds is 9. The minimum Gasteiger partial charge on any atom is -0.364 e. The predicted octanol–water partition coefficient (Wildman–Crippen LogP) is 4.93. The van der Waals surface area contributed by atoms with Crippen molar-refractivity contribution in [1.29, 1.82) is 0 Å². The fraction of sp³-hybridized carbons (Fsp3) is 0.345. The number of urea groups is 1. The average molecular weight is 458 g/mol. The molecule has 1 heterocycles. The van der Waals surface area contributed by atoms with Crippen molar-refractivity contribution < 1.29 is 9.53 Å². The summed E-state index contributed by atoms with van der Waals surface area (Å²) in [4.78, 5) is 13.9. The van der Waals surface area contributed by atoms with Gasteiger partial charge in [-0.1, -0.05) is 84.9 Å². The molecular formula is C29H35N3O2. The van der Waals surface area contributed by atoms with Gasteiger partial charge in [0.05, 0.1) is 6.10 Å². The van der Waals surface area contributed by atoms with Crippen molar-refractivity contribution in [2.24, 2.45) is 0 Å².